The minimum atomic E-state index is -1.59. The molecule has 0 aromatic heterocycles. The van der Waals surface area contributed by atoms with Gasteiger partial charge >= 0.3 is 5.97 Å². The van der Waals surface area contributed by atoms with Crippen molar-refractivity contribution in [2.75, 3.05) is 12.8 Å². The average molecular weight is 314 g/mol. The number of carboxylic acids is 1. The van der Waals surface area contributed by atoms with Gasteiger partial charge in [0.25, 0.3) is 11.6 Å². The van der Waals surface area contributed by atoms with Gasteiger partial charge in [-0.2, -0.15) is 0 Å². The molecule has 0 spiro atoms. The summed E-state index contributed by atoms with van der Waals surface area (Å²) in [7, 11) is 0. The van der Waals surface area contributed by atoms with Gasteiger partial charge in [0.05, 0.1) is 4.92 Å². The molecule has 0 saturated heterocycles. The minimum absolute atomic E-state index is 0.100. The Morgan fingerprint density at radius 2 is 2.14 bits per heavy atom. The van der Waals surface area contributed by atoms with E-state index in [0.717, 1.165) is 0 Å². The van der Waals surface area contributed by atoms with E-state index in [-0.39, 0.29) is 24.2 Å². The van der Waals surface area contributed by atoms with Crippen molar-refractivity contribution in [3.05, 3.63) is 33.9 Å². The number of hydrogen-bond acceptors (Lipinski definition) is 6. The fourth-order valence-electron chi connectivity index (χ4n) is 1.52. The summed E-state index contributed by atoms with van der Waals surface area (Å²) >= 11 is 1.33. The van der Waals surface area contributed by atoms with Gasteiger partial charge in [0.2, 0.25) is 0 Å². The molecule has 0 aliphatic carbocycles. The van der Waals surface area contributed by atoms with E-state index in [1.54, 1.807) is 6.26 Å². The molecule has 8 nitrogen and oxygen atoms in total. The van der Waals surface area contributed by atoms with Crippen LogP contribution < -0.4 is 5.32 Å². The summed E-state index contributed by atoms with van der Waals surface area (Å²) < 4.78 is 0. The summed E-state index contributed by atoms with van der Waals surface area (Å²) in [6.07, 6.45) is 0.00111. The van der Waals surface area contributed by atoms with E-state index in [9.17, 15) is 19.7 Å². The number of thioether (sulfide) groups is 1. The summed E-state index contributed by atoms with van der Waals surface area (Å²) in [4.78, 5) is 33.3. The number of carbonyl (C=O) groups excluding carboxylic acids is 1. The van der Waals surface area contributed by atoms with Crippen molar-refractivity contribution < 1.29 is 24.7 Å². The fraction of sp³-hybridized carbons (Fsp3) is 0.333. The van der Waals surface area contributed by atoms with Crippen LogP contribution in [-0.2, 0) is 4.79 Å². The summed E-state index contributed by atoms with van der Waals surface area (Å²) in [5.74, 6) is -2.07. The van der Waals surface area contributed by atoms with Crippen LogP contribution in [0.15, 0.2) is 23.1 Å². The van der Waals surface area contributed by atoms with Crippen molar-refractivity contribution in [3.63, 3.8) is 0 Å². The zero-order valence-electron chi connectivity index (χ0n) is 11.1. The predicted octanol–water partition coefficient (Wildman–Crippen LogP) is 0.882. The minimum Gasteiger partial charge on any atom is -0.479 e. The van der Waals surface area contributed by atoms with Gasteiger partial charge in [-0.1, -0.05) is 0 Å². The molecule has 0 radical (unpaired) electrons. The number of amides is 1. The lowest BCUT2D eigenvalue weighted by Crippen LogP contribution is -2.30. The normalized spacial score (nSPS) is 11.7. The number of rotatable bonds is 7. The molecule has 0 unspecified atom stereocenters. The molecule has 1 aromatic carbocycles. The SMILES string of the molecule is CSc1ccc([N+](=O)[O-])c(C(=O)NCC[C@H](O)C(=O)O)c1. The van der Waals surface area contributed by atoms with Crippen LogP contribution in [0.25, 0.3) is 0 Å². The Morgan fingerprint density at radius 1 is 1.48 bits per heavy atom. The number of benzene rings is 1. The summed E-state index contributed by atoms with van der Waals surface area (Å²) in [6.45, 7) is -0.104. The van der Waals surface area contributed by atoms with Gasteiger partial charge in [-0.15, -0.1) is 11.8 Å². The number of hydrogen-bond donors (Lipinski definition) is 3. The molecule has 1 aromatic rings. The molecule has 0 bridgehead atoms. The monoisotopic (exact) mass is 314 g/mol. The van der Waals surface area contributed by atoms with Crippen molar-refractivity contribution in [2.24, 2.45) is 0 Å². The molecule has 0 aliphatic heterocycles. The highest BCUT2D eigenvalue weighted by molar-refractivity contribution is 7.98. The van der Waals surface area contributed by atoms with Gasteiger partial charge < -0.3 is 15.5 Å². The number of carboxylic acid groups (broad SMARTS) is 1. The summed E-state index contributed by atoms with van der Waals surface area (Å²) in [6, 6.07) is 4.17. The maximum absolute atomic E-state index is 11.9. The quantitative estimate of drug-likeness (QED) is 0.387. The second-order valence-corrected chi connectivity index (χ2v) is 4.92. The molecular weight excluding hydrogens is 300 g/mol. The molecule has 0 heterocycles. The lowest BCUT2D eigenvalue weighted by atomic mass is 10.1. The van der Waals surface area contributed by atoms with Crippen LogP contribution in [0.5, 0.6) is 0 Å². The predicted molar refractivity (Wildman–Crippen MR) is 75.5 cm³/mol. The first-order valence-corrected chi connectivity index (χ1v) is 7.10. The van der Waals surface area contributed by atoms with Gasteiger partial charge in [0.1, 0.15) is 5.56 Å². The van der Waals surface area contributed by atoms with E-state index in [2.05, 4.69) is 5.32 Å². The molecule has 1 atom stereocenters. The van der Waals surface area contributed by atoms with E-state index < -0.39 is 22.9 Å². The Hall–Kier alpha value is -2.13. The van der Waals surface area contributed by atoms with E-state index in [0.29, 0.717) is 4.90 Å². The van der Waals surface area contributed by atoms with Crippen LogP contribution in [0.3, 0.4) is 0 Å². The van der Waals surface area contributed by atoms with Crippen LogP contribution in [0, 0.1) is 10.1 Å². The molecule has 21 heavy (non-hydrogen) atoms. The van der Waals surface area contributed by atoms with Crippen molar-refractivity contribution in [3.8, 4) is 0 Å². The number of nitrogens with one attached hydrogen (secondary N) is 1. The Kier molecular flexibility index (Phi) is 6.12. The number of carbonyl (C=O) groups is 2. The zero-order chi connectivity index (χ0) is 16.0. The topological polar surface area (TPSA) is 130 Å². The Labute approximate surface area is 124 Å². The first-order valence-electron chi connectivity index (χ1n) is 5.88. The van der Waals surface area contributed by atoms with Gasteiger partial charge in [0, 0.05) is 23.9 Å². The molecule has 9 heteroatoms. The van der Waals surface area contributed by atoms with Crippen LogP contribution >= 0.6 is 11.8 Å². The third kappa shape index (κ3) is 4.72. The smallest absolute Gasteiger partial charge is 0.332 e. The van der Waals surface area contributed by atoms with Gasteiger partial charge in [-0.3, -0.25) is 14.9 Å². The van der Waals surface area contributed by atoms with Crippen molar-refractivity contribution in [2.45, 2.75) is 17.4 Å². The maximum atomic E-state index is 11.9. The first-order chi connectivity index (χ1) is 9.86. The second-order valence-electron chi connectivity index (χ2n) is 4.04. The van der Waals surface area contributed by atoms with Crippen LogP contribution in [0.4, 0.5) is 5.69 Å². The van der Waals surface area contributed by atoms with Gasteiger partial charge in [-0.05, 0) is 18.4 Å². The van der Waals surface area contributed by atoms with Crippen LogP contribution in [-0.4, -0.2) is 45.9 Å². The molecule has 0 aliphatic rings. The molecule has 114 valence electrons. The number of nitrogens with zero attached hydrogens (tertiary/aromatic N) is 1. The largest absolute Gasteiger partial charge is 0.479 e. The first kappa shape index (κ1) is 16.9. The third-order valence-electron chi connectivity index (χ3n) is 2.63. The highest BCUT2D eigenvalue weighted by atomic mass is 32.2. The maximum Gasteiger partial charge on any atom is 0.332 e. The summed E-state index contributed by atoms with van der Waals surface area (Å²) in [5, 5.41) is 30.8. The van der Waals surface area contributed by atoms with Crippen molar-refractivity contribution in [1.29, 1.82) is 0 Å². The van der Waals surface area contributed by atoms with Crippen LogP contribution in [0.2, 0.25) is 0 Å². The summed E-state index contributed by atoms with van der Waals surface area (Å²) in [5.41, 5.74) is -0.430. The van der Waals surface area contributed by atoms with Crippen molar-refractivity contribution in [1.82, 2.24) is 5.32 Å². The number of aliphatic hydroxyl groups excluding tert-OH is 1. The average Bonchev–Trinajstić information content (AvgIpc) is 2.45. The lowest BCUT2D eigenvalue weighted by Gasteiger charge is -2.08. The Balaban J connectivity index is 2.81. The van der Waals surface area contributed by atoms with Gasteiger partial charge in [-0.25, -0.2) is 4.79 Å². The number of nitro groups is 1. The number of aliphatic carboxylic acids is 1. The lowest BCUT2D eigenvalue weighted by molar-refractivity contribution is -0.385. The highest BCUT2D eigenvalue weighted by Gasteiger charge is 2.21. The van der Waals surface area contributed by atoms with Crippen LogP contribution in [0.1, 0.15) is 16.8 Å². The fourth-order valence-corrected chi connectivity index (χ4v) is 1.96. The number of aliphatic hydroxyl groups is 1. The molecule has 0 fully saturated rings. The molecule has 3 N–H and O–H groups in total. The van der Waals surface area contributed by atoms with Crippen molar-refractivity contribution >= 4 is 29.3 Å². The molecule has 0 saturated carbocycles. The molecule has 1 rings (SSSR count). The standard InChI is InChI=1S/C12H14N2O6S/c1-21-7-2-3-9(14(19)20)8(6-7)11(16)13-5-4-10(15)12(17)18/h2-3,6,10,15H,4-5H2,1H3,(H,13,16)(H,17,18)/t10-/m0/s1. The van der Waals surface area contributed by atoms with Gasteiger partial charge in [0.15, 0.2) is 6.10 Å². The highest BCUT2D eigenvalue weighted by Crippen LogP contribution is 2.24. The third-order valence-corrected chi connectivity index (χ3v) is 3.36. The van der Waals surface area contributed by atoms with E-state index >= 15 is 0 Å². The zero-order valence-corrected chi connectivity index (χ0v) is 11.9. The van der Waals surface area contributed by atoms with E-state index in [1.807, 2.05) is 0 Å². The Morgan fingerprint density at radius 3 is 2.67 bits per heavy atom. The van der Waals surface area contributed by atoms with E-state index in [4.69, 9.17) is 10.2 Å². The van der Waals surface area contributed by atoms with E-state index in [1.165, 1.54) is 30.0 Å². The number of nitro benzene ring substituents is 1. The second kappa shape index (κ2) is 7.60. The Bertz CT molecular complexity index is 563. The molecule has 1 amide bonds. The molecular formula is C12H14N2O6S.